The molecule has 4 aromatic rings. The molecule has 1 atom stereocenters. The molecule has 5 rings (SSSR count). The van der Waals surface area contributed by atoms with E-state index in [9.17, 15) is 4.79 Å². The van der Waals surface area contributed by atoms with Crippen molar-refractivity contribution in [2.75, 3.05) is 24.5 Å². The zero-order valence-corrected chi connectivity index (χ0v) is 20.9. The van der Waals surface area contributed by atoms with Crippen LogP contribution in [0.2, 0.25) is 0 Å². The number of hydrogen-bond acceptors (Lipinski definition) is 4. The molecule has 186 valence electrons. The number of nitrogens with zero attached hydrogens (tertiary/aromatic N) is 5. The average Bonchev–Trinajstić information content (AvgIpc) is 3.38. The van der Waals surface area contributed by atoms with Crippen LogP contribution in [0.15, 0.2) is 97.5 Å². The number of aromatic nitrogens is 2. The number of piperazine rings is 1. The Hall–Kier alpha value is -4.21. The van der Waals surface area contributed by atoms with Crippen LogP contribution in [0.3, 0.4) is 0 Å². The van der Waals surface area contributed by atoms with Crippen LogP contribution in [0, 0.1) is 11.3 Å². The minimum atomic E-state index is 0.154. The van der Waals surface area contributed by atoms with E-state index in [1.54, 1.807) is 0 Å². The molecule has 0 radical (unpaired) electrons. The molecule has 0 spiro atoms. The quantitative estimate of drug-likeness (QED) is 0.342. The van der Waals surface area contributed by atoms with Gasteiger partial charge in [-0.25, -0.2) is 4.98 Å². The van der Waals surface area contributed by atoms with E-state index in [-0.39, 0.29) is 11.9 Å². The third kappa shape index (κ3) is 6.14. The molecule has 2 heterocycles. The minimum Gasteiger partial charge on any atom is -0.330 e. The van der Waals surface area contributed by atoms with Gasteiger partial charge in [-0.1, -0.05) is 60.7 Å². The van der Waals surface area contributed by atoms with Gasteiger partial charge in [0.1, 0.15) is 0 Å². The van der Waals surface area contributed by atoms with Gasteiger partial charge >= 0.3 is 0 Å². The average molecular weight is 490 g/mol. The number of anilines is 1. The zero-order chi connectivity index (χ0) is 25.5. The summed E-state index contributed by atoms with van der Waals surface area (Å²) >= 11 is 0. The van der Waals surface area contributed by atoms with Gasteiger partial charge in [0, 0.05) is 36.7 Å². The van der Waals surface area contributed by atoms with Crippen LogP contribution >= 0.6 is 0 Å². The lowest BCUT2D eigenvalue weighted by molar-refractivity contribution is -0.122. The number of rotatable bonds is 9. The first-order valence-corrected chi connectivity index (χ1v) is 12.8. The van der Waals surface area contributed by atoms with Crippen LogP contribution in [0.4, 0.5) is 5.69 Å². The molecule has 6 heteroatoms. The third-order valence-corrected chi connectivity index (χ3v) is 7.04. The summed E-state index contributed by atoms with van der Waals surface area (Å²) in [4.78, 5) is 21.8. The SMILES string of the molecule is N#Cc1ccc(Cn2cncc2CCCN2CC(=O)N(c3ccccc3)C[C@@H]2Cc2ccccc2)cc1. The Labute approximate surface area is 218 Å². The summed E-state index contributed by atoms with van der Waals surface area (Å²) in [5, 5.41) is 9.03. The van der Waals surface area contributed by atoms with E-state index in [1.807, 2.05) is 78.1 Å². The molecule has 0 saturated carbocycles. The van der Waals surface area contributed by atoms with Gasteiger partial charge in [0.15, 0.2) is 0 Å². The molecule has 0 aliphatic carbocycles. The summed E-state index contributed by atoms with van der Waals surface area (Å²) in [6.45, 7) is 2.70. The molecule has 1 fully saturated rings. The zero-order valence-electron chi connectivity index (χ0n) is 20.9. The summed E-state index contributed by atoms with van der Waals surface area (Å²) in [5.74, 6) is 0.154. The maximum Gasteiger partial charge on any atom is 0.241 e. The normalized spacial score (nSPS) is 16.0. The molecule has 1 aliphatic rings. The van der Waals surface area contributed by atoms with Gasteiger partial charge in [-0.15, -0.1) is 0 Å². The molecule has 0 unspecified atom stereocenters. The maximum atomic E-state index is 13.1. The predicted octanol–water partition coefficient (Wildman–Crippen LogP) is 4.70. The number of hydrogen-bond donors (Lipinski definition) is 0. The number of para-hydroxylation sites is 1. The molecule has 1 saturated heterocycles. The van der Waals surface area contributed by atoms with Crippen molar-refractivity contribution in [2.45, 2.75) is 31.8 Å². The number of aryl methyl sites for hydroxylation is 1. The van der Waals surface area contributed by atoms with Gasteiger partial charge in [-0.2, -0.15) is 5.26 Å². The van der Waals surface area contributed by atoms with Gasteiger partial charge in [-0.05, 0) is 61.2 Å². The molecular formula is C31H31N5O. The van der Waals surface area contributed by atoms with E-state index in [0.29, 0.717) is 18.7 Å². The number of benzene rings is 3. The van der Waals surface area contributed by atoms with Crippen molar-refractivity contribution in [3.8, 4) is 6.07 Å². The first-order chi connectivity index (χ1) is 18.2. The van der Waals surface area contributed by atoms with E-state index >= 15 is 0 Å². The predicted molar refractivity (Wildman–Crippen MR) is 145 cm³/mol. The van der Waals surface area contributed by atoms with Crippen molar-refractivity contribution in [2.24, 2.45) is 0 Å². The molecule has 0 N–H and O–H groups in total. The summed E-state index contributed by atoms with van der Waals surface area (Å²) in [6.07, 6.45) is 6.55. The lowest BCUT2D eigenvalue weighted by atomic mass is 10.0. The molecule has 1 amide bonds. The molecule has 1 aromatic heterocycles. The van der Waals surface area contributed by atoms with Gasteiger partial charge < -0.3 is 9.47 Å². The fourth-order valence-corrected chi connectivity index (χ4v) is 5.06. The highest BCUT2D eigenvalue weighted by Crippen LogP contribution is 2.23. The van der Waals surface area contributed by atoms with E-state index in [1.165, 1.54) is 11.3 Å². The van der Waals surface area contributed by atoms with Crippen LogP contribution < -0.4 is 4.90 Å². The third-order valence-electron chi connectivity index (χ3n) is 7.04. The second-order valence-corrected chi connectivity index (χ2v) is 9.58. The molecule has 3 aromatic carbocycles. The second-order valence-electron chi connectivity index (χ2n) is 9.58. The Balaban J connectivity index is 1.24. The Kier molecular flexibility index (Phi) is 7.73. The van der Waals surface area contributed by atoms with Crippen molar-refractivity contribution >= 4 is 11.6 Å². The molecule has 1 aliphatic heterocycles. The summed E-state index contributed by atoms with van der Waals surface area (Å²) in [7, 11) is 0. The number of carbonyl (C=O) groups excluding carboxylic acids is 1. The van der Waals surface area contributed by atoms with Crippen LogP contribution in [0.25, 0.3) is 0 Å². The lowest BCUT2D eigenvalue weighted by Gasteiger charge is -2.41. The van der Waals surface area contributed by atoms with Crippen LogP contribution in [-0.2, 0) is 24.2 Å². The van der Waals surface area contributed by atoms with Crippen LogP contribution in [0.5, 0.6) is 0 Å². The van der Waals surface area contributed by atoms with Crippen LogP contribution in [-0.4, -0.2) is 46.0 Å². The highest BCUT2D eigenvalue weighted by atomic mass is 16.2. The maximum absolute atomic E-state index is 13.1. The standard InChI is InChI=1S/C31H31N5O/c32-19-26-13-15-27(16-14-26)21-35-24-33-20-29(35)12-7-17-34-23-31(37)36(28-10-5-2-6-11-28)22-30(34)18-25-8-3-1-4-9-25/h1-6,8-11,13-16,20,24,30H,7,12,17-18,21-23H2/t30-/m0/s1. The van der Waals surface area contributed by atoms with Gasteiger partial charge in [0.25, 0.3) is 0 Å². The van der Waals surface area contributed by atoms with Crippen molar-refractivity contribution in [3.05, 3.63) is 120 Å². The van der Waals surface area contributed by atoms with Crippen molar-refractivity contribution in [3.63, 3.8) is 0 Å². The number of imidazole rings is 1. The Morgan fingerprint density at radius 2 is 1.65 bits per heavy atom. The number of nitriles is 1. The monoisotopic (exact) mass is 489 g/mol. The highest BCUT2D eigenvalue weighted by Gasteiger charge is 2.32. The summed E-state index contributed by atoms with van der Waals surface area (Å²) in [6, 6.07) is 30.7. The van der Waals surface area contributed by atoms with Crippen LogP contribution in [0.1, 0.15) is 28.8 Å². The largest absolute Gasteiger partial charge is 0.330 e. The second kappa shape index (κ2) is 11.7. The van der Waals surface area contributed by atoms with Gasteiger partial charge in [0.2, 0.25) is 5.91 Å². The molecule has 6 nitrogen and oxygen atoms in total. The molecule has 37 heavy (non-hydrogen) atoms. The van der Waals surface area contributed by atoms with Crippen molar-refractivity contribution < 1.29 is 4.79 Å². The first-order valence-electron chi connectivity index (χ1n) is 12.8. The Morgan fingerprint density at radius 3 is 2.38 bits per heavy atom. The fraction of sp³-hybridized carbons (Fsp3) is 0.258. The highest BCUT2D eigenvalue weighted by molar-refractivity contribution is 5.95. The lowest BCUT2D eigenvalue weighted by Crippen LogP contribution is -2.57. The first kappa shape index (κ1) is 24.5. The van der Waals surface area contributed by atoms with E-state index in [0.717, 1.165) is 43.6 Å². The van der Waals surface area contributed by atoms with E-state index < -0.39 is 0 Å². The van der Waals surface area contributed by atoms with Gasteiger partial charge in [-0.3, -0.25) is 9.69 Å². The minimum absolute atomic E-state index is 0.154. The van der Waals surface area contributed by atoms with E-state index in [4.69, 9.17) is 5.26 Å². The van der Waals surface area contributed by atoms with Gasteiger partial charge in [0.05, 0.1) is 24.5 Å². The smallest absolute Gasteiger partial charge is 0.241 e. The van der Waals surface area contributed by atoms with E-state index in [2.05, 4.69) is 44.8 Å². The topological polar surface area (TPSA) is 65.2 Å². The number of carbonyl (C=O) groups is 1. The Bertz CT molecular complexity index is 1340. The Morgan fingerprint density at radius 1 is 0.919 bits per heavy atom. The molecule has 0 bridgehead atoms. The molecular weight excluding hydrogens is 458 g/mol. The van der Waals surface area contributed by atoms with Crippen molar-refractivity contribution in [1.29, 1.82) is 5.26 Å². The fourth-order valence-electron chi connectivity index (χ4n) is 5.06. The number of amides is 1. The summed E-state index contributed by atoms with van der Waals surface area (Å²) < 4.78 is 2.17. The van der Waals surface area contributed by atoms with Crippen molar-refractivity contribution in [1.82, 2.24) is 14.5 Å². The summed E-state index contributed by atoms with van der Waals surface area (Å²) in [5.41, 5.74) is 5.25.